The zero-order valence-electron chi connectivity index (χ0n) is 8.70. The van der Waals surface area contributed by atoms with Crippen LogP contribution in [0.5, 0.6) is 0 Å². The number of aromatic nitrogens is 4. The molecule has 2 aromatic heterocycles. The molecule has 2 rings (SSSR count). The maximum Gasteiger partial charge on any atom is 0.358 e. The van der Waals surface area contributed by atoms with Crippen molar-refractivity contribution < 1.29 is 9.53 Å². The van der Waals surface area contributed by atoms with Crippen LogP contribution in [0.15, 0.2) is 30.9 Å². The van der Waals surface area contributed by atoms with Gasteiger partial charge in [0.2, 0.25) is 0 Å². The Balaban J connectivity index is 2.20. The molecule has 0 aliphatic carbocycles. The summed E-state index contributed by atoms with van der Waals surface area (Å²) in [5.74, 6) is 0.137. The molecule has 2 aromatic rings. The highest BCUT2D eigenvalue weighted by atomic mass is 16.5. The van der Waals surface area contributed by atoms with Gasteiger partial charge in [0, 0.05) is 12.4 Å². The molecule has 0 aromatic carbocycles. The second-order valence-electron chi connectivity index (χ2n) is 2.97. The number of ether oxygens (including phenoxy) is 1. The summed E-state index contributed by atoms with van der Waals surface area (Å²) in [5.41, 5.74) is 0.200. The van der Waals surface area contributed by atoms with Gasteiger partial charge in [0.05, 0.1) is 6.61 Å². The van der Waals surface area contributed by atoms with E-state index in [0.717, 1.165) is 0 Å². The van der Waals surface area contributed by atoms with E-state index < -0.39 is 5.97 Å². The molecule has 0 saturated heterocycles. The molecule has 0 unspecified atom stereocenters. The molecule has 0 saturated carbocycles. The summed E-state index contributed by atoms with van der Waals surface area (Å²) in [5, 5.41) is 7.68. The fourth-order valence-corrected chi connectivity index (χ4v) is 1.17. The number of hydrogen-bond acceptors (Lipinski definition) is 5. The van der Waals surface area contributed by atoms with E-state index in [1.54, 1.807) is 42.3 Å². The summed E-state index contributed by atoms with van der Waals surface area (Å²) in [4.78, 5) is 15.2. The molecule has 0 bridgehead atoms. The summed E-state index contributed by atoms with van der Waals surface area (Å²) in [6.45, 7) is 2.06. The number of nitrogens with zero attached hydrogens (tertiary/aromatic N) is 4. The van der Waals surface area contributed by atoms with E-state index in [4.69, 9.17) is 4.74 Å². The Morgan fingerprint density at radius 3 is 2.88 bits per heavy atom. The van der Waals surface area contributed by atoms with Crippen molar-refractivity contribution in [2.45, 2.75) is 6.92 Å². The Morgan fingerprint density at radius 2 is 2.31 bits per heavy atom. The van der Waals surface area contributed by atoms with E-state index in [1.165, 1.54) is 0 Å². The van der Waals surface area contributed by atoms with Crippen LogP contribution in [0.1, 0.15) is 17.4 Å². The average Bonchev–Trinajstić information content (AvgIpc) is 2.83. The number of carbonyl (C=O) groups is 1. The summed E-state index contributed by atoms with van der Waals surface area (Å²) >= 11 is 0. The highest BCUT2D eigenvalue weighted by molar-refractivity contribution is 5.86. The monoisotopic (exact) mass is 218 g/mol. The molecular formula is C10H10N4O2. The van der Waals surface area contributed by atoms with Crippen LogP contribution in [0.2, 0.25) is 0 Å². The summed E-state index contributed by atoms with van der Waals surface area (Å²) in [6, 6.07) is 3.25. The Kier molecular flexibility index (Phi) is 2.90. The third kappa shape index (κ3) is 2.05. The first kappa shape index (κ1) is 10.3. The molecule has 0 aliphatic heterocycles. The van der Waals surface area contributed by atoms with Crippen molar-refractivity contribution in [1.29, 1.82) is 0 Å². The lowest BCUT2D eigenvalue weighted by Crippen LogP contribution is -2.09. The number of esters is 1. The first-order valence-corrected chi connectivity index (χ1v) is 4.80. The minimum atomic E-state index is -0.466. The van der Waals surface area contributed by atoms with E-state index in [0.29, 0.717) is 12.4 Å². The van der Waals surface area contributed by atoms with Crippen LogP contribution in [0, 0.1) is 0 Å². The fourth-order valence-electron chi connectivity index (χ4n) is 1.17. The lowest BCUT2D eigenvalue weighted by atomic mass is 10.4. The third-order valence-electron chi connectivity index (χ3n) is 1.90. The molecule has 0 aliphatic rings. The molecule has 16 heavy (non-hydrogen) atoms. The van der Waals surface area contributed by atoms with Crippen LogP contribution in [-0.2, 0) is 4.74 Å². The Bertz CT molecular complexity index is 464. The highest BCUT2D eigenvalue weighted by Gasteiger charge is 2.08. The van der Waals surface area contributed by atoms with Gasteiger partial charge in [-0.05, 0) is 19.1 Å². The molecule has 0 spiro atoms. The highest BCUT2D eigenvalue weighted by Crippen LogP contribution is 2.03. The van der Waals surface area contributed by atoms with Gasteiger partial charge in [-0.2, -0.15) is 0 Å². The quantitative estimate of drug-likeness (QED) is 0.714. The van der Waals surface area contributed by atoms with Crippen LogP contribution in [0.4, 0.5) is 0 Å². The van der Waals surface area contributed by atoms with Crippen molar-refractivity contribution in [3.63, 3.8) is 0 Å². The Labute approximate surface area is 91.9 Å². The smallest absolute Gasteiger partial charge is 0.358 e. The predicted octanol–water partition coefficient (Wildman–Crippen LogP) is 0.839. The molecule has 6 heteroatoms. The largest absolute Gasteiger partial charge is 0.461 e. The maximum absolute atomic E-state index is 11.3. The van der Waals surface area contributed by atoms with Gasteiger partial charge in [-0.25, -0.2) is 9.78 Å². The van der Waals surface area contributed by atoms with E-state index in [-0.39, 0.29) is 5.69 Å². The Hall–Kier alpha value is -2.24. The van der Waals surface area contributed by atoms with E-state index >= 15 is 0 Å². The molecule has 0 atom stereocenters. The number of imidazole rings is 1. The van der Waals surface area contributed by atoms with Gasteiger partial charge < -0.3 is 4.74 Å². The van der Waals surface area contributed by atoms with Crippen LogP contribution < -0.4 is 0 Å². The SMILES string of the molecule is CCOC(=O)c1ccc(-n2ccnc2)nn1. The lowest BCUT2D eigenvalue weighted by Gasteiger charge is -2.02. The second kappa shape index (κ2) is 4.52. The molecule has 82 valence electrons. The van der Waals surface area contributed by atoms with E-state index in [2.05, 4.69) is 15.2 Å². The predicted molar refractivity (Wildman–Crippen MR) is 55.1 cm³/mol. The van der Waals surface area contributed by atoms with Crippen LogP contribution in [-0.4, -0.2) is 32.3 Å². The Morgan fingerprint density at radius 1 is 1.44 bits per heavy atom. The van der Waals surface area contributed by atoms with Gasteiger partial charge >= 0.3 is 5.97 Å². The van der Waals surface area contributed by atoms with Crippen molar-refractivity contribution in [2.24, 2.45) is 0 Å². The van der Waals surface area contributed by atoms with Crippen molar-refractivity contribution in [3.05, 3.63) is 36.5 Å². The lowest BCUT2D eigenvalue weighted by molar-refractivity contribution is 0.0518. The first-order valence-electron chi connectivity index (χ1n) is 4.80. The summed E-state index contributed by atoms with van der Waals surface area (Å²) in [7, 11) is 0. The number of hydrogen-bond donors (Lipinski definition) is 0. The normalized spacial score (nSPS) is 10.1. The zero-order valence-corrected chi connectivity index (χ0v) is 8.70. The molecular weight excluding hydrogens is 208 g/mol. The van der Waals surface area contributed by atoms with Gasteiger partial charge in [0.25, 0.3) is 0 Å². The van der Waals surface area contributed by atoms with Crippen molar-refractivity contribution in [2.75, 3.05) is 6.61 Å². The van der Waals surface area contributed by atoms with Crippen LogP contribution in [0.3, 0.4) is 0 Å². The molecule has 0 fully saturated rings. The van der Waals surface area contributed by atoms with Gasteiger partial charge in [-0.15, -0.1) is 10.2 Å². The summed E-state index contributed by atoms with van der Waals surface area (Å²) in [6.07, 6.45) is 4.99. The fraction of sp³-hybridized carbons (Fsp3) is 0.200. The van der Waals surface area contributed by atoms with Crippen LogP contribution >= 0.6 is 0 Å². The molecule has 0 amide bonds. The van der Waals surface area contributed by atoms with Gasteiger partial charge in [0.15, 0.2) is 11.5 Å². The molecule has 6 nitrogen and oxygen atoms in total. The zero-order chi connectivity index (χ0) is 11.4. The van der Waals surface area contributed by atoms with E-state index in [1.807, 2.05) is 0 Å². The number of carbonyl (C=O) groups excluding carboxylic acids is 1. The number of rotatable bonds is 3. The average molecular weight is 218 g/mol. The molecule has 0 radical (unpaired) electrons. The van der Waals surface area contributed by atoms with Crippen molar-refractivity contribution >= 4 is 5.97 Å². The topological polar surface area (TPSA) is 69.9 Å². The minimum absolute atomic E-state index is 0.200. The standard InChI is InChI=1S/C10H10N4O2/c1-2-16-10(15)8-3-4-9(13-12-8)14-6-5-11-7-14/h3-7H,2H2,1H3. The van der Waals surface area contributed by atoms with Crippen LogP contribution in [0.25, 0.3) is 5.82 Å². The molecule has 0 N–H and O–H groups in total. The van der Waals surface area contributed by atoms with Gasteiger partial charge in [-0.1, -0.05) is 0 Å². The summed E-state index contributed by atoms with van der Waals surface area (Å²) < 4.78 is 6.49. The van der Waals surface area contributed by atoms with E-state index in [9.17, 15) is 4.79 Å². The van der Waals surface area contributed by atoms with Gasteiger partial charge in [0.1, 0.15) is 6.33 Å². The van der Waals surface area contributed by atoms with Gasteiger partial charge in [-0.3, -0.25) is 4.57 Å². The maximum atomic E-state index is 11.3. The van der Waals surface area contributed by atoms with Crippen molar-refractivity contribution in [3.8, 4) is 5.82 Å². The molecule has 2 heterocycles. The second-order valence-corrected chi connectivity index (χ2v) is 2.97. The minimum Gasteiger partial charge on any atom is -0.461 e. The third-order valence-corrected chi connectivity index (χ3v) is 1.90. The van der Waals surface area contributed by atoms with Crippen molar-refractivity contribution in [1.82, 2.24) is 19.7 Å². The first-order chi connectivity index (χ1) is 7.81.